The molecule has 3 nitrogen and oxygen atoms in total. The third kappa shape index (κ3) is 5.84. The molecule has 3 atom stereocenters. The number of hydrogen-bond donors (Lipinski definition) is 0. The van der Waals surface area contributed by atoms with Crippen molar-refractivity contribution in [1.82, 2.24) is 0 Å². The van der Waals surface area contributed by atoms with E-state index in [1.807, 2.05) is 0 Å². The van der Waals surface area contributed by atoms with Crippen molar-refractivity contribution in [3.05, 3.63) is 0 Å². The molecule has 0 aromatic carbocycles. The smallest absolute Gasteiger partial charge is 0.0917 e. The lowest BCUT2D eigenvalue weighted by Crippen LogP contribution is -2.13. The second-order valence-electron chi connectivity index (χ2n) is 5.49. The summed E-state index contributed by atoms with van der Waals surface area (Å²) in [5, 5.41) is 0. The topological polar surface area (TPSA) is 31.0 Å². The van der Waals surface area contributed by atoms with E-state index in [1.165, 1.54) is 6.42 Å². The van der Waals surface area contributed by atoms with Gasteiger partial charge in [-0.25, -0.2) is 0 Å². The molecule has 0 N–H and O–H groups in total. The minimum Gasteiger partial charge on any atom is -0.385 e. The van der Waals surface area contributed by atoms with Crippen LogP contribution in [-0.2, 0) is 14.2 Å². The van der Waals surface area contributed by atoms with Gasteiger partial charge in [0.15, 0.2) is 0 Å². The van der Waals surface area contributed by atoms with Gasteiger partial charge in [-0.1, -0.05) is 6.92 Å². The van der Waals surface area contributed by atoms with Crippen molar-refractivity contribution in [2.75, 3.05) is 26.9 Å². The van der Waals surface area contributed by atoms with Crippen LogP contribution in [0.4, 0.5) is 0 Å². The highest BCUT2D eigenvalue weighted by molar-refractivity contribution is 4.95. The lowest BCUT2D eigenvalue weighted by Gasteiger charge is -2.13. The Hall–Kier alpha value is -0.120. The predicted octanol–water partition coefficient (Wildman–Crippen LogP) is 3.02. The van der Waals surface area contributed by atoms with E-state index in [0.29, 0.717) is 12.0 Å². The number of unbranched alkanes of at least 4 members (excludes halogenated alkanes) is 1. The summed E-state index contributed by atoms with van der Waals surface area (Å²) in [6.07, 6.45) is 4.98. The second kappa shape index (κ2) is 7.34. The SMILES string of the molecule is COCCCCOCC(C)CCC1(C)OC1C. The first-order chi connectivity index (χ1) is 8.08. The van der Waals surface area contributed by atoms with Gasteiger partial charge in [-0.3, -0.25) is 0 Å². The van der Waals surface area contributed by atoms with Gasteiger partial charge in [0.05, 0.1) is 11.7 Å². The van der Waals surface area contributed by atoms with E-state index in [2.05, 4.69) is 20.8 Å². The molecule has 1 aliphatic heterocycles. The van der Waals surface area contributed by atoms with E-state index in [1.54, 1.807) is 7.11 Å². The molecule has 0 amide bonds. The fourth-order valence-electron chi connectivity index (χ4n) is 1.98. The lowest BCUT2D eigenvalue weighted by molar-refractivity contribution is 0.0896. The number of methoxy groups -OCH3 is 1. The Bertz CT molecular complexity index is 208. The number of ether oxygens (including phenoxy) is 3. The number of epoxide rings is 1. The minimum atomic E-state index is 0.159. The summed E-state index contributed by atoms with van der Waals surface area (Å²) in [6, 6.07) is 0. The maximum Gasteiger partial charge on any atom is 0.0917 e. The largest absolute Gasteiger partial charge is 0.385 e. The summed E-state index contributed by atoms with van der Waals surface area (Å²) in [5.41, 5.74) is 0.159. The summed E-state index contributed by atoms with van der Waals surface area (Å²) >= 11 is 0. The monoisotopic (exact) mass is 244 g/mol. The van der Waals surface area contributed by atoms with Crippen molar-refractivity contribution >= 4 is 0 Å². The molecule has 1 heterocycles. The number of hydrogen-bond acceptors (Lipinski definition) is 3. The van der Waals surface area contributed by atoms with Crippen molar-refractivity contribution < 1.29 is 14.2 Å². The molecule has 17 heavy (non-hydrogen) atoms. The maximum absolute atomic E-state index is 5.66. The Morgan fingerprint density at radius 2 is 1.94 bits per heavy atom. The van der Waals surface area contributed by atoms with Crippen molar-refractivity contribution in [3.8, 4) is 0 Å². The van der Waals surface area contributed by atoms with Crippen LogP contribution in [0.25, 0.3) is 0 Å². The van der Waals surface area contributed by atoms with Gasteiger partial charge in [0.25, 0.3) is 0 Å². The van der Waals surface area contributed by atoms with Crippen LogP contribution in [-0.4, -0.2) is 38.6 Å². The van der Waals surface area contributed by atoms with Gasteiger partial charge in [-0.15, -0.1) is 0 Å². The Kier molecular flexibility index (Phi) is 6.45. The first-order valence-corrected chi connectivity index (χ1v) is 6.83. The standard InChI is InChI=1S/C14H28O3/c1-12(7-8-14(3)13(2)17-14)11-16-10-6-5-9-15-4/h12-13H,5-11H2,1-4H3. The molecule has 1 fully saturated rings. The van der Waals surface area contributed by atoms with Crippen LogP contribution in [0, 0.1) is 5.92 Å². The molecule has 1 saturated heterocycles. The first kappa shape index (κ1) is 14.9. The summed E-state index contributed by atoms with van der Waals surface area (Å²) in [5.74, 6) is 0.630. The Balaban J connectivity index is 1.89. The molecule has 0 aliphatic carbocycles. The maximum atomic E-state index is 5.66. The third-order valence-electron chi connectivity index (χ3n) is 3.67. The van der Waals surface area contributed by atoms with Crippen LogP contribution >= 0.6 is 0 Å². The molecular formula is C14H28O3. The van der Waals surface area contributed by atoms with Crippen LogP contribution in [0.1, 0.15) is 46.5 Å². The van der Waals surface area contributed by atoms with E-state index in [0.717, 1.165) is 39.1 Å². The molecule has 0 spiro atoms. The van der Waals surface area contributed by atoms with Crippen LogP contribution in [0.2, 0.25) is 0 Å². The second-order valence-corrected chi connectivity index (χ2v) is 5.49. The molecule has 0 aromatic heterocycles. The summed E-state index contributed by atoms with van der Waals surface area (Å²) in [7, 11) is 1.74. The highest BCUT2D eigenvalue weighted by atomic mass is 16.6. The van der Waals surface area contributed by atoms with Crippen molar-refractivity contribution in [2.45, 2.75) is 58.2 Å². The molecule has 0 aromatic rings. The van der Waals surface area contributed by atoms with Crippen molar-refractivity contribution in [1.29, 1.82) is 0 Å². The van der Waals surface area contributed by atoms with Crippen molar-refractivity contribution in [2.24, 2.45) is 5.92 Å². The average Bonchev–Trinajstić information content (AvgIpc) is 2.90. The van der Waals surface area contributed by atoms with E-state index in [9.17, 15) is 0 Å². The van der Waals surface area contributed by atoms with Gasteiger partial charge in [-0.2, -0.15) is 0 Å². The fourth-order valence-corrected chi connectivity index (χ4v) is 1.98. The van der Waals surface area contributed by atoms with Gasteiger partial charge >= 0.3 is 0 Å². The molecule has 0 radical (unpaired) electrons. The van der Waals surface area contributed by atoms with E-state index in [-0.39, 0.29) is 5.60 Å². The van der Waals surface area contributed by atoms with E-state index >= 15 is 0 Å². The molecule has 3 heteroatoms. The Labute approximate surface area is 106 Å². The van der Waals surface area contributed by atoms with Crippen LogP contribution in [0.5, 0.6) is 0 Å². The summed E-state index contributed by atoms with van der Waals surface area (Å²) in [6.45, 7) is 9.18. The zero-order chi connectivity index (χ0) is 12.7. The summed E-state index contributed by atoms with van der Waals surface area (Å²) in [4.78, 5) is 0. The number of rotatable bonds is 10. The average molecular weight is 244 g/mol. The molecule has 0 saturated carbocycles. The molecule has 0 bridgehead atoms. The van der Waals surface area contributed by atoms with Gasteiger partial charge in [-0.05, 0) is 45.4 Å². The Morgan fingerprint density at radius 1 is 1.29 bits per heavy atom. The minimum absolute atomic E-state index is 0.159. The van der Waals surface area contributed by atoms with Gasteiger partial charge in [0, 0.05) is 26.9 Å². The molecule has 1 rings (SSSR count). The predicted molar refractivity (Wildman–Crippen MR) is 69.3 cm³/mol. The van der Waals surface area contributed by atoms with Crippen LogP contribution < -0.4 is 0 Å². The molecular weight excluding hydrogens is 216 g/mol. The molecule has 1 aliphatic rings. The van der Waals surface area contributed by atoms with E-state index in [4.69, 9.17) is 14.2 Å². The Morgan fingerprint density at radius 3 is 2.53 bits per heavy atom. The van der Waals surface area contributed by atoms with Crippen molar-refractivity contribution in [3.63, 3.8) is 0 Å². The third-order valence-corrected chi connectivity index (χ3v) is 3.67. The first-order valence-electron chi connectivity index (χ1n) is 6.83. The zero-order valence-corrected chi connectivity index (χ0v) is 11.8. The molecule has 3 unspecified atom stereocenters. The normalized spacial score (nSPS) is 29.3. The lowest BCUT2D eigenvalue weighted by atomic mass is 9.96. The van der Waals surface area contributed by atoms with Crippen LogP contribution in [0.3, 0.4) is 0 Å². The fraction of sp³-hybridized carbons (Fsp3) is 1.00. The van der Waals surface area contributed by atoms with Gasteiger partial charge in [0.2, 0.25) is 0 Å². The highest BCUT2D eigenvalue weighted by Crippen LogP contribution is 2.40. The van der Waals surface area contributed by atoms with Gasteiger partial charge in [0.1, 0.15) is 0 Å². The highest BCUT2D eigenvalue weighted by Gasteiger charge is 2.47. The van der Waals surface area contributed by atoms with E-state index < -0.39 is 0 Å². The quantitative estimate of drug-likeness (QED) is 0.437. The van der Waals surface area contributed by atoms with Gasteiger partial charge < -0.3 is 14.2 Å². The molecule has 102 valence electrons. The zero-order valence-electron chi connectivity index (χ0n) is 11.8. The van der Waals surface area contributed by atoms with Crippen LogP contribution in [0.15, 0.2) is 0 Å². The summed E-state index contributed by atoms with van der Waals surface area (Å²) < 4.78 is 16.2.